The van der Waals surface area contributed by atoms with Crippen LogP contribution < -0.4 is 0 Å². The van der Waals surface area contributed by atoms with Crippen molar-refractivity contribution in [2.45, 2.75) is 0 Å². The fourth-order valence-corrected chi connectivity index (χ4v) is 7.03. The maximum atomic E-state index is 14.2. The van der Waals surface area contributed by atoms with Gasteiger partial charge < -0.3 is 0 Å². The number of pyridine rings is 1. The SMILES string of the molecule is [C-]#[N+]c1ccc(-c2nc3c(-c4ccccc4)cc4c(-c5ccc(-c6cc(F)c(F)c(F)c6)cc5)nc5ccccc5c4c3nc2-c2ccc(C#N)cc2)cc1. The van der Waals surface area contributed by atoms with Crippen LogP contribution in [0.3, 0.4) is 0 Å². The van der Waals surface area contributed by atoms with Gasteiger partial charge in [-0.2, -0.15) is 5.26 Å². The Morgan fingerprint density at radius 3 is 1.73 bits per heavy atom. The first-order valence-electron chi connectivity index (χ1n) is 17.3. The van der Waals surface area contributed by atoms with E-state index < -0.39 is 17.5 Å². The minimum Gasteiger partial charge on any atom is -0.247 e. The van der Waals surface area contributed by atoms with Crippen molar-refractivity contribution in [1.82, 2.24) is 15.0 Å². The van der Waals surface area contributed by atoms with Crippen LogP contribution in [0, 0.1) is 35.4 Å². The molecule has 0 spiro atoms. The Balaban J connectivity index is 1.38. The van der Waals surface area contributed by atoms with E-state index in [0.29, 0.717) is 44.9 Å². The normalized spacial score (nSPS) is 11.1. The third-order valence-electron chi connectivity index (χ3n) is 9.72. The summed E-state index contributed by atoms with van der Waals surface area (Å²) in [7, 11) is 0. The lowest BCUT2D eigenvalue weighted by molar-refractivity contribution is 0.448. The van der Waals surface area contributed by atoms with Crippen LogP contribution in [0.15, 0.2) is 146 Å². The maximum absolute atomic E-state index is 14.2. The molecule has 0 bridgehead atoms. The number of benzene rings is 7. The largest absolute Gasteiger partial charge is 0.247 e. The monoisotopic (exact) mass is 715 g/mol. The zero-order chi connectivity index (χ0) is 37.6. The van der Waals surface area contributed by atoms with Crippen LogP contribution in [0.4, 0.5) is 18.9 Å². The molecule has 0 aliphatic rings. The molecule has 0 N–H and O–H groups in total. The van der Waals surface area contributed by atoms with Gasteiger partial charge in [0, 0.05) is 32.8 Å². The number of hydrogen-bond donors (Lipinski definition) is 0. The summed E-state index contributed by atoms with van der Waals surface area (Å²) in [6.07, 6.45) is 0. The lowest BCUT2D eigenvalue weighted by Crippen LogP contribution is -2.00. The molecular formula is C47H24F3N5. The van der Waals surface area contributed by atoms with Gasteiger partial charge in [-0.1, -0.05) is 109 Å². The highest BCUT2D eigenvalue weighted by molar-refractivity contribution is 6.24. The topological polar surface area (TPSA) is 66.8 Å². The lowest BCUT2D eigenvalue weighted by atomic mass is 9.92. The second kappa shape index (κ2) is 13.4. The minimum absolute atomic E-state index is 0.210. The first kappa shape index (κ1) is 33.2. The summed E-state index contributed by atoms with van der Waals surface area (Å²) in [5.74, 6) is -4.03. The molecule has 2 heterocycles. The van der Waals surface area contributed by atoms with Crippen molar-refractivity contribution in [1.29, 1.82) is 5.26 Å². The number of nitrogens with zero attached hydrogens (tertiary/aromatic N) is 5. The van der Waals surface area contributed by atoms with Crippen molar-refractivity contribution in [2.75, 3.05) is 0 Å². The molecule has 0 fully saturated rings. The van der Waals surface area contributed by atoms with Crippen molar-refractivity contribution < 1.29 is 13.2 Å². The fourth-order valence-electron chi connectivity index (χ4n) is 7.03. The number of nitriles is 1. The summed E-state index contributed by atoms with van der Waals surface area (Å²) in [4.78, 5) is 19.6. The quantitative estimate of drug-likeness (QED) is 0.101. The molecule has 0 unspecified atom stereocenters. The van der Waals surface area contributed by atoms with E-state index in [1.54, 1.807) is 36.4 Å². The van der Waals surface area contributed by atoms with Crippen LogP contribution in [-0.4, -0.2) is 15.0 Å². The zero-order valence-corrected chi connectivity index (χ0v) is 28.7. The molecule has 2 aromatic heterocycles. The van der Waals surface area contributed by atoms with Crippen LogP contribution in [0.25, 0.3) is 93.6 Å². The molecule has 9 aromatic rings. The Morgan fingerprint density at radius 2 is 1.07 bits per heavy atom. The average Bonchev–Trinajstić information content (AvgIpc) is 3.24. The Labute approximate surface area is 313 Å². The Morgan fingerprint density at radius 1 is 0.509 bits per heavy atom. The van der Waals surface area contributed by atoms with Gasteiger partial charge in [0.2, 0.25) is 0 Å². The molecule has 0 saturated carbocycles. The van der Waals surface area contributed by atoms with E-state index in [1.165, 1.54) is 0 Å². The number of aromatic nitrogens is 3. The molecule has 0 aliphatic heterocycles. The van der Waals surface area contributed by atoms with Crippen molar-refractivity contribution >= 4 is 38.4 Å². The molecule has 9 rings (SSSR count). The van der Waals surface area contributed by atoms with E-state index in [1.807, 2.05) is 91.0 Å². The number of para-hydroxylation sites is 1. The molecule has 0 atom stereocenters. The lowest BCUT2D eigenvalue weighted by Gasteiger charge is -2.18. The van der Waals surface area contributed by atoms with Crippen LogP contribution in [0.5, 0.6) is 0 Å². The van der Waals surface area contributed by atoms with Crippen LogP contribution in [-0.2, 0) is 0 Å². The van der Waals surface area contributed by atoms with Crippen molar-refractivity contribution in [3.05, 3.63) is 180 Å². The number of fused-ring (bicyclic) bond motifs is 5. The van der Waals surface area contributed by atoms with E-state index in [-0.39, 0.29) is 5.56 Å². The minimum atomic E-state index is -1.51. The second-order valence-corrected chi connectivity index (χ2v) is 13.0. The van der Waals surface area contributed by atoms with E-state index in [0.717, 1.165) is 61.6 Å². The molecule has 0 saturated heterocycles. The van der Waals surface area contributed by atoms with Crippen LogP contribution >= 0.6 is 0 Å². The summed E-state index contributed by atoms with van der Waals surface area (Å²) in [5, 5.41) is 12.1. The molecule has 258 valence electrons. The third-order valence-corrected chi connectivity index (χ3v) is 9.72. The summed E-state index contributed by atoms with van der Waals surface area (Å²) < 4.78 is 42.1. The van der Waals surface area contributed by atoms with Crippen LogP contribution in [0.2, 0.25) is 0 Å². The molecule has 5 nitrogen and oxygen atoms in total. The highest BCUT2D eigenvalue weighted by Crippen LogP contribution is 2.43. The van der Waals surface area contributed by atoms with Gasteiger partial charge in [-0.05, 0) is 58.7 Å². The summed E-state index contributed by atoms with van der Waals surface area (Å²) in [5.41, 5.74) is 9.69. The van der Waals surface area contributed by atoms with Gasteiger partial charge >= 0.3 is 0 Å². The van der Waals surface area contributed by atoms with E-state index in [4.69, 9.17) is 21.5 Å². The Kier molecular flexibility index (Phi) is 8.07. The molecule has 0 amide bonds. The third kappa shape index (κ3) is 5.79. The maximum Gasteiger partial charge on any atom is 0.194 e. The van der Waals surface area contributed by atoms with Gasteiger partial charge in [0.1, 0.15) is 0 Å². The molecule has 0 aliphatic carbocycles. The molecule has 0 radical (unpaired) electrons. The van der Waals surface area contributed by atoms with Crippen molar-refractivity contribution in [3.63, 3.8) is 0 Å². The summed E-state index contributed by atoms with van der Waals surface area (Å²) in [6, 6.07) is 45.6. The average molecular weight is 716 g/mol. The smallest absolute Gasteiger partial charge is 0.194 e. The van der Waals surface area contributed by atoms with E-state index in [9.17, 15) is 18.4 Å². The summed E-state index contributed by atoms with van der Waals surface area (Å²) in [6.45, 7) is 7.49. The number of rotatable bonds is 5. The van der Waals surface area contributed by atoms with Gasteiger partial charge in [0.15, 0.2) is 23.1 Å². The van der Waals surface area contributed by atoms with Crippen molar-refractivity contribution in [2.24, 2.45) is 0 Å². The van der Waals surface area contributed by atoms with Gasteiger partial charge in [0.05, 0.1) is 51.8 Å². The first-order chi connectivity index (χ1) is 26.9. The Hall–Kier alpha value is -7.68. The first-order valence-corrected chi connectivity index (χ1v) is 17.3. The van der Waals surface area contributed by atoms with Gasteiger partial charge in [-0.25, -0.2) is 33.0 Å². The van der Waals surface area contributed by atoms with Crippen LogP contribution in [0.1, 0.15) is 5.56 Å². The van der Waals surface area contributed by atoms with Crippen molar-refractivity contribution in [3.8, 4) is 62.1 Å². The van der Waals surface area contributed by atoms with Gasteiger partial charge in [-0.15, -0.1) is 0 Å². The highest BCUT2D eigenvalue weighted by atomic mass is 19.2. The zero-order valence-electron chi connectivity index (χ0n) is 28.7. The van der Waals surface area contributed by atoms with E-state index >= 15 is 0 Å². The van der Waals surface area contributed by atoms with E-state index in [2.05, 4.69) is 17.0 Å². The molecule has 55 heavy (non-hydrogen) atoms. The standard InChI is InChI=1S/C47H24F3N5/c1-52-34-21-19-32(20-22-34)44-45(31-13-11-27(26-51)12-14-31)55-47-41-35-9-5-6-10-40(35)53-43(37(41)25-36(46(47)54-44)29-7-3-2-4-8-29)30-17-15-28(16-18-30)33-23-38(48)42(50)39(49)24-33/h2-25H. The molecule has 7 aromatic carbocycles. The number of hydrogen-bond acceptors (Lipinski definition) is 4. The highest BCUT2D eigenvalue weighted by Gasteiger charge is 2.22. The van der Waals surface area contributed by atoms with Gasteiger partial charge in [-0.3, -0.25) is 0 Å². The Bertz CT molecular complexity index is 3040. The summed E-state index contributed by atoms with van der Waals surface area (Å²) >= 11 is 0. The predicted octanol–water partition coefficient (Wildman–Crippen LogP) is 12.5. The molecular weight excluding hydrogens is 692 g/mol. The second-order valence-electron chi connectivity index (χ2n) is 13.0. The molecule has 8 heteroatoms. The van der Waals surface area contributed by atoms with Gasteiger partial charge in [0.25, 0.3) is 0 Å². The fraction of sp³-hybridized carbons (Fsp3) is 0. The number of halogens is 3. The predicted molar refractivity (Wildman–Crippen MR) is 210 cm³/mol.